The molecule has 2 rings (SSSR count). The molecule has 21 heavy (non-hydrogen) atoms. The van der Waals surface area contributed by atoms with E-state index in [4.69, 9.17) is 4.74 Å². The lowest BCUT2D eigenvalue weighted by molar-refractivity contribution is 0.0539. The molecule has 3 heteroatoms. The van der Waals surface area contributed by atoms with Crippen molar-refractivity contribution in [3.05, 3.63) is 29.8 Å². The second kappa shape index (κ2) is 6.80. The predicted molar refractivity (Wildman–Crippen MR) is 88.7 cm³/mol. The van der Waals surface area contributed by atoms with Gasteiger partial charge in [-0.3, -0.25) is 4.90 Å². The zero-order valence-corrected chi connectivity index (χ0v) is 14.1. The van der Waals surface area contributed by atoms with Gasteiger partial charge in [0.1, 0.15) is 5.75 Å². The SMILES string of the molecule is CCC1(C)CN(Cc2ccc(OC)cc2)C(C(C)C)CN1. The van der Waals surface area contributed by atoms with Crippen LogP contribution < -0.4 is 10.1 Å². The molecule has 0 radical (unpaired) electrons. The van der Waals surface area contributed by atoms with Gasteiger partial charge in [-0.15, -0.1) is 0 Å². The Hall–Kier alpha value is -1.06. The number of methoxy groups -OCH3 is 1. The van der Waals surface area contributed by atoms with Crippen molar-refractivity contribution in [2.45, 2.75) is 52.2 Å². The van der Waals surface area contributed by atoms with E-state index in [0.717, 1.165) is 31.8 Å². The van der Waals surface area contributed by atoms with E-state index in [-0.39, 0.29) is 5.54 Å². The van der Waals surface area contributed by atoms with E-state index in [1.54, 1.807) is 7.11 Å². The van der Waals surface area contributed by atoms with Crippen LogP contribution in [0.2, 0.25) is 0 Å². The number of nitrogens with one attached hydrogen (secondary N) is 1. The molecule has 2 unspecified atom stereocenters. The number of ether oxygens (including phenoxy) is 1. The van der Waals surface area contributed by atoms with Crippen molar-refractivity contribution in [3.63, 3.8) is 0 Å². The second-order valence-electron chi connectivity index (χ2n) is 6.86. The van der Waals surface area contributed by atoms with Crippen molar-refractivity contribution >= 4 is 0 Å². The van der Waals surface area contributed by atoms with E-state index in [0.29, 0.717) is 12.0 Å². The third-order valence-corrected chi connectivity index (χ3v) is 4.85. The molecule has 3 nitrogen and oxygen atoms in total. The van der Waals surface area contributed by atoms with Gasteiger partial charge in [0.2, 0.25) is 0 Å². The normalized spacial score (nSPS) is 27.0. The molecule has 0 aliphatic carbocycles. The molecule has 1 aliphatic heterocycles. The van der Waals surface area contributed by atoms with Crippen LogP contribution in [0.1, 0.15) is 39.7 Å². The summed E-state index contributed by atoms with van der Waals surface area (Å²) in [5, 5.41) is 3.75. The minimum absolute atomic E-state index is 0.234. The molecule has 1 aliphatic rings. The summed E-state index contributed by atoms with van der Waals surface area (Å²) in [4.78, 5) is 2.65. The topological polar surface area (TPSA) is 24.5 Å². The summed E-state index contributed by atoms with van der Waals surface area (Å²) in [6.07, 6.45) is 1.16. The van der Waals surface area contributed by atoms with Gasteiger partial charge in [-0.05, 0) is 37.0 Å². The molecule has 0 bridgehead atoms. The second-order valence-corrected chi connectivity index (χ2v) is 6.86. The van der Waals surface area contributed by atoms with Crippen molar-refractivity contribution in [3.8, 4) is 5.75 Å². The Morgan fingerprint density at radius 3 is 2.52 bits per heavy atom. The van der Waals surface area contributed by atoms with Crippen LogP contribution in [0.15, 0.2) is 24.3 Å². The molecule has 1 saturated heterocycles. The molecule has 1 aromatic carbocycles. The highest BCUT2D eigenvalue weighted by Crippen LogP contribution is 2.25. The molecule has 1 N–H and O–H groups in total. The molecular formula is C18H30N2O. The zero-order valence-electron chi connectivity index (χ0n) is 14.1. The summed E-state index contributed by atoms with van der Waals surface area (Å²) in [5.74, 6) is 1.59. The third-order valence-electron chi connectivity index (χ3n) is 4.85. The largest absolute Gasteiger partial charge is 0.497 e. The first kappa shape index (κ1) is 16.3. The van der Waals surface area contributed by atoms with Gasteiger partial charge in [0.25, 0.3) is 0 Å². The number of hydrogen-bond acceptors (Lipinski definition) is 3. The lowest BCUT2D eigenvalue weighted by atomic mass is 9.89. The fourth-order valence-electron chi connectivity index (χ4n) is 3.13. The highest BCUT2D eigenvalue weighted by atomic mass is 16.5. The summed E-state index contributed by atoms with van der Waals surface area (Å²) in [5.41, 5.74) is 1.60. The molecule has 1 aromatic rings. The lowest BCUT2D eigenvalue weighted by Gasteiger charge is -2.47. The number of hydrogen-bond donors (Lipinski definition) is 1. The van der Waals surface area contributed by atoms with Crippen LogP contribution in [0.25, 0.3) is 0 Å². The Bertz CT molecular complexity index is 443. The van der Waals surface area contributed by atoms with Crippen molar-refractivity contribution in [1.82, 2.24) is 10.2 Å². The Morgan fingerprint density at radius 1 is 1.33 bits per heavy atom. The van der Waals surface area contributed by atoms with E-state index < -0.39 is 0 Å². The van der Waals surface area contributed by atoms with E-state index >= 15 is 0 Å². The molecule has 1 fully saturated rings. The van der Waals surface area contributed by atoms with Crippen molar-refractivity contribution < 1.29 is 4.74 Å². The third kappa shape index (κ3) is 3.98. The fraction of sp³-hybridized carbons (Fsp3) is 0.667. The van der Waals surface area contributed by atoms with Gasteiger partial charge in [-0.2, -0.15) is 0 Å². The monoisotopic (exact) mass is 290 g/mol. The number of nitrogens with zero attached hydrogens (tertiary/aromatic N) is 1. The maximum atomic E-state index is 5.25. The number of benzene rings is 1. The average molecular weight is 290 g/mol. The van der Waals surface area contributed by atoms with Crippen LogP contribution in [-0.2, 0) is 6.54 Å². The Balaban J connectivity index is 2.11. The van der Waals surface area contributed by atoms with E-state index in [2.05, 4.69) is 62.2 Å². The maximum Gasteiger partial charge on any atom is 0.118 e. The van der Waals surface area contributed by atoms with Crippen LogP contribution in [0, 0.1) is 5.92 Å². The number of piperazine rings is 1. The fourth-order valence-corrected chi connectivity index (χ4v) is 3.13. The van der Waals surface area contributed by atoms with Crippen LogP contribution in [0.4, 0.5) is 0 Å². The van der Waals surface area contributed by atoms with Crippen LogP contribution >= 0.6 is 0 Å². The summed E-state index contributed by atoms with van der Waals surface area (Å²) < 4.78 is 5.25. The summed E-state index contributed by atoms with van der Waals surface area (Å²) in [7, 11) is 1.72. The number of rotatable bonds is 5. The molecule has 1 heterocycles. The Kier molecular flexibility index (Phi) is 5.28. The van der Waals surface area contributed by atoms with Gasteiger partial charge in [0.05, 0.1) is 7.11 Å². The van der Waals surface area contributed by atoms with E-state index in [9.17, 15) is 0 Å². The molecule has 0 spiro atoms. The smallest absolute Gasteiger partial charge is 0.118 e. The maximum absolute atomic E-state index is 5.25. The van der Waals surface area contributed by atoms with Gasteiger partial charge in [-0.1, -0.05) is 32.9 Å². The van der Waals surface area contributed by atoms with Gasteiger partial charge in [-0.25, -0.2) is 0 Å². The quantitative estimate of drug-likeness (QED) is 0.900. The standard InChI is InChI=1S/C18H30N2O/c1-6-18(4)13-20(17(11-19-18)14(2)3)12-15-7-9-16(21-5)10-8-15/h7-10,14,17,19H,6,11-13H2,1-5H3. The summed E-state index contributed by atoms with van der Waals surface area (Å²) in [6, 6.07) is 9.08. The van der Waals surface area contributed by atoms with Gasteiger partial charge < -0.3 is 10.1 Å². The molecule has 2 atom stereocenters. The van der Waals surface area contributed by atoms with Gasteiger partial charge >= 0.3 is 0 Å². The predicted octanol–water partition coefficient (Wildman–Crippen LogP) is 3.29. The summed E-state index contributed by atoms with van der Waals surface area (Å²) >= 11 is 0. The first-order chi connectivity index (χ1) is 9.97. The molecule has 118 valence electrons. The van der Waals surface area contributed by atoms with Crippen molar-refractivity contribution in [1.29, 1.82) is 0 Å². The van der Waals surface area contributed by atoms with Gasteiger partial charge in [0, 0.05) is 31.2 Å². The van der Waals surface area contributed by atoms with E-state index in [1.165, 1.54) is 5.56 Å². The highest BCUT2D eigenvalue weighted by Gasteiger charge is 2.35. The van der Waals surface area contributed by atoms with Gasteiger partial charge in [0.15, 0.2) is 0 Å². The molecule has 0 aromatic heterocycles. The Morgan fingerprint density at radius 2 is 2.00 bits per heavy atom. The average Bonchev–Trinajstić information content (AvgIpc) is 2.48. The van der Waals surface area contributed by atoms with Crippen LogP contribution in [0.5, 0.6) is 5.75 Å². The molecule has 0 amide bonds. The minimum atomic E-state index is 0.234. The first-order valence-electron chi connectivity index (χ1n) is 8.09. The molecular weight excluding hydrogens is 260 g/mol. The highest BCUT2D eigenvalue weighted by molar-refractivity contribution is 5.27. The van der Waals surface area contributed by atoms with E-state index in [1.807, 2.05) is 0 Å². The lowest BCUT2D eigenvalue weighted by Crippen LogP contribution is -2.63. The van der Waals surface area contributed by atoms with Crippen LogP contribution in [0.3, 0.4) is 0 Å². The molecule has 0 saturated carbocycles. The Labute approximate surface area is 129 Å². The van der Waals surface area contributed by atoms with Crippen molar-refractivity contribution in [2.24, 2.45) is 5.92 Å². The summed E-state index contributed by atoms with van der Waals surface area (Å²) in [6.45, 7) is 12.5. The van der Waals surface area contributed by atoms with Crippen LogP contribution in [-0.4, -0.2) is 36.7 Å². The first-order valence-corrected chi connectivity index (χ1v) is 8.09. The van der Waals surface area contributed by atoms with Crippen molar-refractivity contribution in [2.75, 3.05) is 20.2 Å². The minimum Gasteiger partial charge on any atom is -0.497 e. The zero-order chi connectivity index (χ0) is 15.5.